The van der Waals surface area contributed by atoms with Gasteiger partial charge in [-0.05, 0) is 37.0 Å². The predicted octanol–water partition coefficient (Wildman–Crippen LogP) is 3.99. The van der Waals surface area contributed by atoms with Gasteiger partial charge in [0.05, 0.1) is 23.3 Å². The third-order valence-corrected chi connectivity index (χ3v) is 6.11. The number of alkyl halides is 3. The third kappa shape index (κ3) is 4.01. The van der Waals surface area contributed by atoms with Gasteiger partial charge in [0.15, 0.2) is 5.69 Å². The topological polar surface area (TPSA) is 96.7 Å². The number of benzene rings is 1. The van der Waals surface area contributed by atoms with Gasteiger partial charge in [-0.25, -0.2) is 9.78 Å². The fourth-order valence-corrected chi connectivity index (χ4v) is 4.59. The van der Waals surface area contributed by atoms with Crippen LogP contribution in [-0.2, 0) is 17.8 Å². The van der Waals surface area contributed by atoms with Crippen molar-refractivity contribution in [3.63, 3.8) is 0 Å². The van der Waals surface area contributed by atoms with Crippen molar-refractivity contribution in [1.29, 1.82) is 0 Å². The Labute approximate surface area is 191 Å². The molecule has 0 spiro atoms. The molecule has 3 aromatic rings. The summed E-state index contributed by atoms with van der Waals surface area (Å²) in [7, 11) is 0. The van der Waals surface area contributed by atoms with Crippen molar-refractivity contribution in [2.45, 2.75) is 44.8 Å². The highest BCUT2D eigenvalue weighted by Gasteiger charge is 2.35. The number of aromatic nitrogens is 2. The number of carboxylic acids is 1. The Morgan fingerprint density at radius 2 is 2.09 bits per heavy atom. The number of hydrazine groups is 1. The fourth-order valence-electron chi connectivity index (χ4n) is 4.59. The van der Waals surface area contributed by atoms with Crippen LogP contribution in [0.5, 0.6) is 0 Å². The van der Waals surface area contributed by atoms with Crippen LogP contribution in [0, 0.1) is 0 Å². The Balaban J connectivity index is 1.68. The minimum Gasteiger partial charge on any atom is -0.476 e. The molecule has 178 valence electrons. The van der Waals surface area contributed by atoms with Crippen LogP contribution in [0.2, 0.25) is 0 Å². The summed E-state index contributed by atoms with van der Waals surface area (Å²) in [4.78, 5) is 28.7. The van der Waals surface area contributed by atoms with Crippen molar-refractivity contribution in [2.75, 3.05) is 12.0 Å². The number of hydrogen-bond donors (Lipinski definition) is 2. The van der Waals surface area contributed by atoms with Gasteiger partial charge in [-0.1, -0.05) is 18.2 Å². The number of aromatic carboxylic acids is 1. The number of hydrogen-bond acceptors (Lipinski definition) is 6. The highest BCUT2D eigenvalue weighted by Crippen LogP contribution is 2.36. The van der Waals surface area contributed by atoms with E-state index in [-0.39, 0.29) is 35.1 Å². The molecule has 1 aromatic carbocycles. The fraction of sp³-hybridized carbons (Fsp3) is 0.348. The molecule has 0 radical (unpaired) electrons. The second kappa shape index (κ2) is 8.41. The molecule has 4 heterocycles. The standard InChI is InChI=1S/C23H21F3N4O4/c24-23(25,26)12-29-17-10-13(14-4-3-8-27-20(14)22(32)33)6-7-15(17)19-16(21(29)31)11-30(28-19)18-5-1-2-9-34-18/h3-4,6-8,10,18,28H,1-2,5,9,11-12H2,(H,32,33). The molecule has 0 bridgehead atoms. The number of nitrogens with one attached hydrogen (secondary N) is 1. The van der Waals surface area contributed by atoms with Crippen LogP contribution in [0.25, 0.3) is 22.0 Å². The summed E-state index contributed by atoms with van der Waals surface area (Å²) in [6, 6.07) is 7.70. The van der Waals surface area contributed by atoms with Gasteiger partial charge in [0.2, 0.25) is 0 Å². The molecular formula is C23H21F3N4O4. The number of fused-ring (bicyclic) bond motifs is 3. The highest BCUT2D eigenvalue weighted by atomic mass is 19.4. The lowest BCUT2D eigenvalue weighted by molar-refractivity contribution is -0.140. The summed E-state index contributed by atoms with van der Waals surface area (Å²) in [5.74, 6) is -1.26. The number of anilines is 1. The molecule has 34 heavy (non-hydrogen) atoms. The second-order valence-electron chi connectivity index (χ2n) is 8.36. The largest absolute Gasteiger partial charge is 0.476 e. The number of carboxylic acid groups (broad SMARTS) is 1. The molecule has 0 amide bonds. The molecular weight excluding hydrogens is 453 g/mol. The normalized spacial score (nSPS) is 18.6. The first-order valence-electron chi connectivity index (χ1n) is 10.8. The number of pyridine rings is 2. The monoisotopic (exact) mass is 474 g/mol. The van der Waals surface area contributed by atoms with Gasteiger partial charge in [-0.3, -0.25) is 9.36 Å². The first kappa shape index (κ1) is 22.4. The smallest absolute Gasteiger partial charge is 0.406 e. The molecule has 0 aliphatic carbocycles. The Bertz CT molecular complexity index is 1330. The van der Waals surface area contributed by atoms with E-state index >= 15 is 0 Å². The summed E-state index contributed by atoms with van der Waals surface area (Å²) in [5.41, 5.74) is 3.53. The zero-order chi connectivity index (χ0) is 24.0. The molecule has 11 heteroatoms. The SMILES string of the molecule is O=C(O)c1ncccc1-c1ccc2c3c(c(=O)n(CC(F)(F)F)c2c1)CN(C1CCCCO1)N3. The van der Waals surface area contributed by atoms with Gasteiger partial charge < -0.3 is 15.3 Å². The summed E-state index contributed by atoms with van der Waals surface area (Å²) in [6.07, 6.45) is -0.934. The van der Waals surface area contributed by atoms with Crippen molar-refractivity contribution in [3.8, 4) is 11.1 Å². The van der Waals surface area contributed by atoms with E-state index in [1.54, 1.807) is 23.2 Å². The maximum atomic E-state index is 13.5. The zero-order valence-electron chi connectivity index (χ0n) is 17.9. The third-order valence-electron chi connectivity index (χ3n) is 6.11. The Hall–Kier alpha value is -3.44. The van der Waals surface area contributed by atoms with Crippen molar-refractivity contribution in [2.24, 2.45) is 0 Å². The zero-order valence-corrected chi connectivity index (χ0v) is 17.9. The number of rotatable bonds is 4. The van der Waals surface area contributed by atoms with Crippen LogP contribution < -0.4 is 11.0 Å². The first-order valence-corrected chi connectivity index (χ1v) is 10.8. The molecule has 1 atom stereocenters. The molecule has 1 unspecified atom stereocenters. The lowest BCUT2D eigenvalue weighted by Crippen LogP contribution is -2.40. The summed E-state index contributed by atoms with van der Waals surface area (Å²) in [5, 5.41) is 11.7. The van der Waals surface area contributed by atoms with E-state index < -0.39 is 24.2 Å². The maximum absolute atomic E-state index is 13.5. The van der Waals surface area contributed by atoms with E-state index in [9.17, 15) is 27.9 Å². The lowest BCUT2D eigenvalue weighted by Gasteiger charge is -2.30. The van der Waals surface area contributed by atoms with Gasteiger partial charge >= 0.3 is 12.1 Å². The minimum absolute atomic E-state index is 0.0534. The quantitative estimate of drug-likeness (QED) is 0.590. The average molecular weight is 474 g/mol. The lowest BCUT2D eigenvalue weighted by atomic mass is 10.0. The molecule has 5 rings (SSSR count). The molecule has 1 saturated heterocycles. The van der Waals surface area contributed by atoms with Crippen molar-refractivity contribution in [1.82, 2.24) is 14.6 Å². The molecule has 2 N–H and O–H groups in total. The summed E-state index contributed by atoms with van der Waals surface area (Å²) < 4.78 is 46.9. The second-order valence-corrected chi connectivity index (χ2v) is 8.36. The Kier molecular flexibility index (Phi) is 5.53. The maximum Gasteiger partial charge on any atom is 0.406 e. The summed E-state index contributed by atoms with van der Waals surface area (Å²) >= 11 is 0. The number of carbonyl (C=O) groups is 1. The molecule has 8 nitrogen and oxygen atoms in total. The van der Waals surface area contributed by atoms with Crippen LogP contribution in [0.3, 0.4) is 0 Å². The van der Waals surface area contributed by atoms with E-state index in [0.29, 0.717) is 27.8 Å². The molecule has 2 aliphatic heterocycles. The first-order chi connectivity index (χ1) is 16.2. The molecule has 1 fully saturated rings. The minimum atomic E-state index is -4.63. The van der Waals surface area contributed by atoms with Crippen LogP contribution in [0.1, 0.15) is 35.3 Å². The Morgan fingerprint density at radius 3 is 2.79 bits per heavy atom. The highest BCUT2D eigenvalue weighted by molar-refractivity contribution is 5.99. The van der Waals surface area contributed by atoms with Crippen molar-refractivity contribution >= 4 is 22.6 Å². The van der Waals surface area contributed by atoms with E-state index in [1.165, 1.54) is 18.3 Å². The summed E-state index contributed by atoms with van der Waals surface area (Å²) in [6.45, 7) is -0.753. The van der Waals surface area contributed by atoms with Crippen LogP contribution in [0.4, 0.5) is 18.9 Å². The van der Waals surface area contributed by atoms with Crippen molar-refractivity contribution in [3.05, 3.63) is 58.1 Å². The molecule has 0 saturated carbocycles. The van der Waals surface area contributed by atoms with E-state index in [1.807, 2.05) is 0 Å². The average Bonchev–Trinajstić information content (AvgIpc) is 3.27. The number of ether oxygens (including phenoxy) is 1. The van der Waals surface area contributed by atoms with Gasteiger partial charge in [-0.15, -0.1) is 0 Å². The van der Waals surface area contributed by atoms with Gasteiger partial charge in [-0.2, -0.15) is 18.2 Å². The van der Waals surface area contributed by atoms with Crippen LogP contribution >= 0.6 is 0 Å². The predicted molar refractivity (Wildman–Crippen MR) is 117 cm³/mol. The van der Waals surface area contributed by atoms with Gasteiger partial charge in [0.1, 0.15) is 12.8 Å². The van der Waals surface area contributed by atoms with Gasteiger partial charge in [0, 0.05) is 23.8 Å². The molecule has 2 aliphatic rings. The van der Waals surface area contributed by atoms with Crippen LogP contribution in [-0.4, -0.2) is 44.6 Å². The Morgan fingerprint density at radius 1 is 1.26 bits per heavy atom. The van der Waals surface area contributed by atoms with Gasteiger partial charge in [0.25, 0.3) is 5.56 Å². The van der Waals surface area contributed by atoms with E-state index in [4.69, 9.17) is 4.74 Å². The number of nitrogens with zero attached hydrogens (tertiary/aromatic N) is 3. The number of halogens is 3. The van der Waals surface area contributed by atoms with E-state index in [0.717, 1.165) is 19.3 Å². The van der Waals surface area contributed by atoms with Crippen LogP contribution in [0.15, 0.2) is 41.3 Å². The van der Waals surface area contributed by atoms with E-state index in [2.05, 4.69) is 10.4 Å². The van der Waals surface area contributed by atoms with Crippen molar-refractivity contribution < 1.29 is 27.8 Å². The molecule has 2 aromatic heterocycles.